The smallest absolute Gasteiger partial charge is 0.191 e. The topological polar surface area (TPSA) is 52.1 Å². The van der Waals surface area contributed by atoms with Gasteiger partial charge in [0.15, 0.2) is 5.96 Å². The Morgan fingerprint density at radius 1 is 1.28 bits per heavy atom. The first-order valence-corrected chi connectivity index (χ1v) is 12.0. The second-order valence-corrected chi connectivity index (χ2v) is 9.84. The molecule has 7 heteroatoms. The summed E-state index contributed by atoms with van der Waals surface area (Å²) in [6, 6.07) is 4.40. The van der Waals surface area contributed by atoms with Crippen molar-refractivity contribution in [3.63, 3.8) is 0 Å². The quantitative estimate of drug-likeness (QED) is 0.499. The van der Waals surface area contributed by atoms with E-state index in [1.165, 1.54) is 30.8 Å². The van der Waals surface area contributed by atoms with E-state index in [0.717, 1.165) is 58.4 Å². The summed E-state index contributed by atoms with van der Waals surface area (Å²) in [6.07, 6.45) is 2.59. The predicted molar refractivity (Wildman–Crippen MR) is 123 cm³/mol. The maximum absolute atomic E-state index is 5.50. The summed E-state index contributed by atoms with van der Waals surface area (Å²) in [5.41, 5.74) is 0.0501. The van der Waals surface area contributed by atoms with Gasteiger partial charge in [0.05, 0.1) is 19.8 Å². The van der Waals surface area contributed by atoms with Gasteiger partial charge in [-0.25, -0.2) is 0 Å². The van der Waals surface area contributed by atoms with E-state index in [1.807, 2.05) is 11.3 Å². The highest BCUT2D eigenvalue weighted by Gasteiger charge is 2.28. The molecule has 1 atom stereocenters. The van der Waals surface area contributed by atoms with Crippen molar-refractivity contribution in [2.45, 2.75) is 45.7 Å². The van der Waals surface area contributed by atoms with E-state index in [-0.39, 0.29) is 5.54 Å². The molecule has 2 aliphatic heterocycles. The van der Waals surface area contributed by atoms with E-state index < -0.39 is 0 Å². The molecule has 0 aliphatic carbocycles. The number of guanidine groups is 1. The zero-order valence-corrected chi connectivity index (χ0v) is 19.3. The number of nitrogens with one attached hydrogen (secondary N) is 2. The lowest BCUT2D eigenvalue weighted by Crippen LogP contribution is -2.52. The normalized spacial score (nSPS) is 22.6. The molecule has 2 fully saturated rings. The van der Waals surface area contributed by atoms with Crippen LogP contribution in [-0.4, -0.2) is 80.3 Å². The van der Waals surface area contributed by atoms with Gasteiger partial charge in [0.25, 0.3) is 0 Å². The summed E-state index contributed by atoms with van der Waals surface area (Å²) in [4.78, 5) is 11.5. The fourth-order valence-corrected chi connectivity index (χ4v) is 4.95. The van der Waals surface area contributed by atoms with Crippen molar-refractivity contribution in [1.29, 1.82) is 0 Å². The molecular weight excluding hydrogens is 382 g/mol. The number of hydrogen-bond donors (Lipinski definition) is 2. The van der Waals surface area contributed by atoms with Gasteiger partial charge >= 0.3 is 0 Å². The number of ether oxygens (including phenoxy) is 1. The number of morpholine rings is 1. The van der Waals surface area contributed by atoms with Crippen LogP contribution < -0.4 is 10.6 Å². The molecule has 1 unspecified atom stereocenters. The lowest BCUT2D eigenvalue weighted by atomic mass is 9.98. The van der Waals surface area contributed by atoms with Gasteiger partial charge in [-0.3, -0.25) is 14.8 Å². The molecule has 2 aliphatic rings. The standard InChI is InChI=1S/C22H39N5OS/c1-4-23-21(25-18-22(2,3)27-10-12-28-13-11-27)24-15-19-7-5-9-26(16-19)17-20-8-6-14-29-20/h6,8,14,19H,4-5,7,9-13,15-18H2,1-3H3,(H2,23,24,25). The van der Waals surface area contributed by atoms with Gasteiger partial charge in [-0.05, 0) is 57.5 Å². The van der Waals surface area contributed by atoms with Gasteiger partial charge in [0.2, 0.25) is 0 Å². The SMILES string of the molecule is CCNC(=NCC(C)(C)N1CCOCC1)NCC1CCCN(Cc2cccs2)C1. The molecule has 0 spiro atoms. The molecule has 1 aromatic heterocycles. The first kappa shape index (κ1) is 22.5. The van der Waals surface area contributed by atoms with Crippen LogP contribution in [0.1, 0.15) is 38.5 Å². The molecule has 29 heavy (non-hydrogen) atoms. The summed E-state index contributed by atoms with van der Waals surface area (Å²) < 4.78 is 5.50. The minimum absolute atomic E-state index is 0.0501. The van der Waals surface area contributed by atoms with E-state index in [9.17, 15) is 0 Å². The van der Waals surface area contributed by atoms with Gasteiger partial charge in [-0.15, -0.1) is 11.3 Å². The van der Waals surface area contributed by atoms with Crippen molar-refractivity contribution in [3.8, 4) is 0 Å². The number of nitrogens with zero attached hydrogens (tertiary/aromatic N) is 3. The Hall–Kier alpha value is -1.15. The fraction of sp³-hybridized carbons (Fsp3) is 0.773. The van der Waals surface area contributed by atoms with Crippen LogP contribution in [0, 0.1) is 5.92 Å². The van der Waals surface area contributed by atoms with Crippen molar-refractivity contribution in [1.82, 2.24) is 20.4 Å². The summed E-state index contributed by atoms with van der Waals surface area (Å²) in [6.45, 7) is 16.5. The Morgan fingerprint density at radius 3 is 2.83 bits per heavy atom. The summed E-state index contributed by atoms with van der Waals surface area (Å²) in [5, 5.41) is 9.22. The average molecular weight is 422 g/mol. The van der Waals surface area contributed by atoms with Gasteiger partial charge < -0.3 is 15.4 Å². The highest BCUT2D eigenvalue weighted by atomic mass is 32.1. The minimum atomic E-state index is 0.0501. The Morgan fingerprint density at radius 2 is 2.10 bits per heavy atom. The zero-order chi connectivity index (χ0) is 20.5. The number of hydrogen-bond acceptors (Lipinski definition) is 5. The van der Waals surface area contributed by atoms with Crippen LogP contribution in [0.4, 0.5) is 0 Å². The third kappa shape index (κ3) is 7.24. The zero-order valence-electron chi connectivity index (χ0n) is 18.5. The van der Waals surface area contributed by atoms with Crippen molar-refractivity contribution in [2.24, 2.45) is 10.9 Å². The fourth-order valence-electron chi connectivity index (χ4n) is 4.21. The van der Waals surface area contributed by atoms with Crippen LogP contribution in [-0.2, 0) is 11.3 Å². The predicted octanol–water partition coefficient (Wildman–Crippen LogP) is 2.63. The minimum Gasteiger partial charge on any atom is -0.379 e. The molecule has 3 heterocycles. The summed E-state index contributed by atoms with van der Waals surface area (Å²) in [7, 11) is 0. The lowest BCUT2D eigenvalue weighted by molar-refractivity contribution is -0.00684. The number of rotatable bonds is 8. The van der Waals surface area contributed by atoms with Crippen LogP contribution in [0.25, 0.3) is 0 Å². The molecule has 164 valence electrons. The van der Waals surface area contributed by atoms with Crippen molar-refractivity contribution in [3.05, 3.63) is 22.4 Å². The van der Waals surface area contributed by atoms with E-state index in [2.05, 4.69) is 58.7 Å². The Bertz CT molecular complexity index is 613. The van der Waals surface area contributed by atoms with Gasteiger partial charge in [-0.2, -0.15) is 0 Å². The number of likely N-dealkylation sites (tertiary alicyclic amines) is 1. The molecule has 0 bridgehead atoms. The molecule has 1 aromatic rings. The van der Waals surface area contributed by atoms with Crippen molar-refractivity contribution < 1.29 is 4.74 Å². The molecule has 0 radical (unpaired) electrons. The highest BCUT2D eigenvalue weighted by molar-refractivity contribution is 7.09. The number of piperidine rings is 1. The van der Waals surface area contributed by atoms with Gasteiger partial charge in [-0.1, -0.05) is 6.07 Å². The van der Waals surface area contributed by atoms with Crippen LogP contribution in [0.3, 0.4) is 0 Å². The number of thiophene rings is 1. The van der Waals surface area contributed by atoms with Crippen LogP contribution in [0.5, 0.6) is 0 Å². The van der Waals surface area contributed by atoms with E-state index in [1.54, 1.807) is 0 Å². The lowest BCUT2D eigenvalue weighted by Gasteiger charge is -2.40. The van der Waals surface area contributed by atoms with Gasteiger partial charge in [0.1, 0.15) is 0 Å². The number of aliphatic imine (C=N–C) groups is 1. The summed E-state index contributed by atoms with van der Waals surface area (Å²) >= 11 is 1.86. The third-order valence-electron chi connectivity index (χ3n) is 5.96. The van der Waals surface area contributed by atoms with Crippen LogP contribution >= 0.6 is 11.3 Å². The monoisotopic (exact) mass is 421 g/mol. The molecular formula is C22H39N5OS. The van der Waals surface area contributed by atoms with Crippen molar-refractivity contribution in [2.75, 3.05) is 59.0 Å². The first-order chi connectivity index (χ1) is 14.1. The molecule has 0 aromatic carbocycles. The summed E-state index contributed by atoms with van der Waals surface area (Å²) in [5.74, 6) is 1.63. The molecule has 2 saturated heterocycles. The van der Waals surface area contributed by atoms with E-state index >= 15 is 0 Å². The molecule has 0 saturated carbocycles. The Kier molecular flexibility index (Phi) is 8.78. The molecule has 0 amide bonds. The maximum Gasteiger partial charge on any atom is 0.191 e. The van der Waals surface area contributed by atoms with Crippen molar-refractivity contribution >= 4 is 17.3 Å². The second kappa shape index (κ2) is 11.3. The van der Waals surface area contributed by atoms with Crippen LogP contribution in [0.2, 0.25) is 0 Å². The van der Waals surface area contributed by atoms with E-state index in [0.29, 0.717) is 5.92 Å². The average Bonchev–Trinajstić information content (AvgIpc) is 3.24. The maximum atomic E-state index is 5.50. The first-order valence-electron chi connectivity index (χ1n) is 11.2. The van der Waals surface area contributed by atoms with E-state index in [4.69, 9.17) is 9.73 Å². The second-order valence-electron chi connectivity index (χ2n) is 8.81. The molecule has 3 rings (SSSR count). The molecule has 6 nitrogen and oxygen atoms in total. The Labute approximate surface area is 180 Å². The third-order valence-corrected chi connectivity index (χ3v) is 6.82. The Balaban J connectivity index is 1.48. The largest absolute Gasteiger partial charge is 0.379 e. The highest BCUT2D eigenvalue weighted by Crippen LogP contribution is 2.20. The van der Waals surface area contributed by atoms with Gasteiger partial charge in [0, 0.05) is 49.7 Å². The molecule has 2 N–H and O–H groups in total. The van der Waals surface area contributed by atoms with Crippen LogP contribution in [0.15, 0.2) is 22.5 Å².